The maximum Gasteiger partial charge on any atom is 0.218 e. The molecule has 18 heavy (non-hydrogen) atoms. The molecule has 1 aromatic carbocycles. The van der Waals surface area contributed by atoms with E-state index in [4.69, 9.17) is 28.9 Å². The van der Waals surface area contributed by atoms with Crippen LogP contribution >= 0.6 is 23.2 Å². The Kier molecular flexibility index (Phi) is 5.43. The first-order valence-electron chi connectivity index (χ1n) is 5.38. The summed E-state index contributed by atoms with van der Waals surface area (Å²) in [5.74, 6) is -0.230. The van der Waals surface area contributed by atoms with Gasteiger partial charge in [-0.25, -0.2) is 12.7 Å². The molecular formula is C11H16Cl2N2O2S. The maximum atomic E-state index is 12.2. The molecule has 0 heterocycles. The summed E-state index contributed by atoms with van der Waals surface area (Å²) in [5, 5.41) is 0.694. The first-order valence-corrected chi connectivity index (χ1v) is 7.74. The Morgan fingerprint density at radius 2 is 1.83 bits per heavy atom. The van der Waals surface area contributed by atoms with Gasteiger partial charge < -0.3 is 5.73 Å². The van der Waals surface area contributed by atoms with Crippen molar-refractivity contribution in [1.29, 1.82) is 0 Å². The lowest BCUT2D eigenvalue weighted by Crippen LogP contribution is -2.40. The van der Waals surface area contributed by atoms with Crippen LogP contribution in [0.25, 0.3) is 0 Å². The Bertz CT molecular complexity index is 500. The van der Waals surface area contributed by atoms with Gasteiger partial charge in [-0.05, 0) is 19.1 Å². The summed E-state index contributed by atoms with van der Waals surface area (Å²) >= 11 is 11.9. The van der Waals surface area contributed by atoms with Gasteiger partial charge in [-0.1, -0.05) is 29.3 Å². The Labute approximate surface area is 118 Å². The minimum Gasteiger partial charge on any atom is -0.329 e. The van der Waals surface area contributed by atoms with Crippen molar-refractivity contribution in [2.24, 2.45) is 5.73 Å². The van der Waals surface area contributed by atoms with Crippen LogP contribution in [0.15, 0.2) is 18.2 Å². The number of hydrogen-bond acceptors (Lipinski definition) is 3. The molecule has 0 amide bonds. The number of rotatable bonds is 5. The quantitative estimate of drug-likeness (QED) is 0.906. The normalized spacial score (nSPS) is 13.9. The molecule has 0 saturated heterocycles. The molecule has 1 atom stereocenters. The van der Waals surface area contributed by atoms with Gasteiger partial charge in [0, 0.05) is 35.2 Å². The zero-order valence-corrected chi connectivity index (χ0v) is 12.6. The SMILES string of the molecule is CC(CN)N(C)S(=O)(=O)Cc1c(Cl)cccc1Cl. The smallest absolute Gasteiger partial charge is 0.218 e. The largest absolute Gasteiger partial charge is 0.329 e. The van der Waals surface area contributed by atoms with E-state index in [9.17, 15) is 8.42 Å². The molecule has 7 heteroatoms. The average molecular weight is 311 g/mol. The molecule has 0 spiro atoms. The van der Waals surface area contributed by atoms with Crippen molar-refractivity contribution in [3.63, 3.8) is 0 Å². The van der Waals surface area contributed by atoms with Gasteiger partial charge >= 0.3 is 0 Å². The zero-order valence-electron chi connectivity index (χ0n) is 10.2. The third-order valence-electron chi connectivity index (χ3n) is 2.79. The molecule has 1 aromatic rings. The molecule has 1 rings (SSSR count). The van der Waals surface area contributed by atoms with Crippen LogP contribution < -0.4 is 5.73 Å². The highest BCUT2D eigenvalue weighted by Gasteiger charge is 2.24. The van der Waals surface area contributed by atoms with E-state index >= 15 is 0 Å². The molecule has 0 aliphatic rings. The fourth-order valence-electron chi connectivity index (χ4n) is 1.38. The predicted octanol–water partition coefficient (Wildman–Crippen LogP) is 2.10. The number of nitrogens with zero attached hydrogens (tertiary/aromatic N) is 1. The average Bonchev–Trinajstić information content (AvgIpc) is 2.32. The maximum absolute atomic E-state index is 12.2. The third-order valence-corrected chi connectivity index (χ3v) is 5.39. The van der Waals surface area contributed by atoms with Crippen LogP contribution in [-0.2, 0) is 15.8 Å². The summed E-state index contributed by atoms with van der Waals surface area (Å²) in [5.41, 5.74) is 5.88. The monoisotopic (exact) mass is 310 g/mol. The third kappa shape index (κ3) is 3.59. The highest BCUT2D eigenvalue weighted by Crippen LogP contribution is 2.27. The highest BCUT2D eigenvalue weighted by molar-refractivity contribution is 7.88. The Morgan fingerprint density at radius 1 is 1.33 bits per heavy atom. The molecular weight excluding hydrogens is 295 g/mol. The number of sulfonamides is 1. The summed E-state index contributed by atoms with van der Waals surface area (Å²) < 4.78 is 25.6. The molecule has 0 radical (unpaired) electrons. The van der Waals surface area contributed by atoms with Crippen molar-refractivity contribution in [1.82, 2.24) is 4.31 Å². The minimum atomic E-state index is -3.49. The van der Waals surface area contributed by atoms with Crippen LogP contribution in [0.1, 0.15) is 12.5 Å². The zero-order chi connectivity index (χ0) is 13.9. The predicted molar refractivity (Wildman–Crippen MR) is 75.4 cm³/mol. The van der Waals surface area contributed by atoms with Gasteiger partial charge in [0.15, 0.2) is 0 Å². The lowest BCUT2D eigenvalue weighted by Gasteiger charge is -2.23. The first-order chi connectivity index (χ1) is 8.29. The molecule has 4 nitrogen and oxygen atoms in total. The number of likely N-dealkylation sites (N-methyl/N-ethyl adjacent to an activating group) is 1. The van der Waals surface area contributed by atoms with Crippen LogP contribution in [0.3, 0.4) is 0 Å². The molecule has 1 unspecified atom stereocenters. The van der Waals surface area contributed by atoms with Gasteiger partial charge in [0.25, 0.3) is 0 Å². The molecule has 0 aliphatic carbocycles. The number of benzene rings is 1. The summed E-state index contributed by atoms with van der Waals surface area (Å²) in [4.78, 5) is 0. The van der Waals surface area contributed by atoms with Crippen LogP contribution in [0.4, 0.5) is 0 Å². The molecule has 0 bridgehead atoms. The summed E-state index contributed by atoms with van der Waals surface area (Å²) in [6, 6.07) is 4.64. The Hall–Kier alpha value is -0.330. The van der Waals surface area contributed by atoms with Crippen molar-refractivity contribution in [3.8, 4) is 0 Å². The first kappa shape index (κ1) is 15.7. The van der Waals surface area contributed by atoms with Gasteiger partial charge in [0.2, 0.25) is 10.0 Å². The van der Waals surface area contributed by atoms with Gasteiger partial charge in [-0.3, -0.25) is 0 Å². The van der Waals surface area contributed by atoms with Gasteiger partial charge in [0.1, 0.15) is 0 Å². The van der Waals surface area contributed by atoms with Crippen molar-refractivity contribution < 1.29 is 8.42 Å². The van der Waals surface area contributed by atoms with Crippen LogP contribution in [0.2, 0.25) is 10.0 Å². The highest BCUT2D eigenvalue weighted by atomic mass is 35.5. The lowest BCUT2D eigenvalue weighted by molar-refractivity contribution is 0.394. The van der Waals surface area contributed by atoms with E-state index in [1.165, 1.54) is 11.4 Å². The second kappa shape index (κ2) is 6.21. The fraction of sp³-hybridized carbons (Fsp3) is 0.455. The number of hydrogen-bond donors (Lipinski definition) is 1. The van der Waals surface area contributed by atoms with E-state index in [1.54, 1.807) is 25.1 Å². The van der Waals surface area contributed by atoms with Crippen LogP contribution in [-0.4, -0.2) is 32.4 Å². The lowest BCUT2D eigenvalue weighted by atomic mass is 10.2. The van der Waals surface area contributed by atoms with Crippen molar-refractivity contribution in [3.05, 3.63) is 33.8 Å². The Balaban J connectivity index is 3.03. The van der Waals surface area contributed by atoms with Gasteiger partial charge in [-0.15, -0.1) is 0 Å². The van der Waals surface area contributed by atoms with E-state index < -0.39 is 10.0 Å². The van der Waals surface area contributed by atoms with E-state index in [1.807, 2.05) is 0 Å². The second-order valence-corrected chi connectivity index (χ2v) is 6.90. The minimum absolute atomic E-state index is 0.230. The summed E-state index contributed by atoms with van der Waals surface area (Å²) in [6.07, 6.45) is 0. The standard InChI is InChI=1S/C11H16Cl2N2O2S/c1-8(6-14)15(2)18(16,17)7-9-10(12)4-3-5-11(9)13/h3-5,8H,6-7,14H2,1-2H3. The number of nitrogens with two attached hydrogens (primary N) is 1. The summed E-state index contributed by atoms with van der Waals surface area (Å²) in [7, 11) is -1.99. The van der Waals surface area contributed by atoms with Crippen molar-refractivity contribution >= 4 is 33.2 Å². The molecule has 0 aromatic heterocycles. The number of halogens is 2. The van der Waals surface area contributed by atoms with Crippen molar-refractivity contribution in [2.75, 3.05) is 13.6 Å². The second-order valence-electron chi connectivity index (χ2n) is 4.06. The van der Waals surface area contributed by atoms with Crippen LogP contribution in [0, 0.1) is 0 Å². The van der Waals surface area contributed by atoms with Gasteiger partial charge in [0.05, 0.1) is 5.75 Å². The van der Waals surface area contributed by atoms with E-state index in [2.05, 4.69) is 0 Å². The van der Waals surface area contributed by atoms with Crippen LogP contribution in [0.5, 0.6) is 0 Å². The molecule has 0 saturated carbocycles. The molecule has 0 fully saturated rings. The fourth-order valence-corrected chi connectivity index (χ4v) is 3.58. The van der Waals surface area contributed by atoms with E-state index in [-0.39, 0.29) is 18.3 Å². The van der Waals surface area contributed by atoms with E-state index in [0.29, 0.717) is 15.6 Å². The molecule has 2 N–H and O–H groups in total. The topological polar surface area (TPSA) is 63.4 Å². The van der Waals surface area contributed by atoms with Gasteiger partial charge in [-0.2, -0.15) is 0 Å². The summed E-state index contributed by atoms with van der Waals surface area (Å²) in [6.45, 7) is 2.00. The van der Waals surface area contributed by atoms with E-state index in [0.717, 1.165) is 0 Å². The molecule has 102 valence electrons. The Morgan fingerprint density at radius 3 is 2.28 bits per heavy atom. The van der Waals surface area contributed by atoms with Crippen molar-refractivity contribution in [2.45, 2.75) is 18.7 Å². The molecule has 0 aliphatic heterocycles.